The lowest BCUT2D eigenvalue weighted by Crippen LogP contribution is -2.45. The van der Waals surface area contributed by atoms with Crippen molar-refractivity contribution in [2.24, 2.45) is 5.92 Å². The van der Waals surface area contributed by atoms with E-state index in [-0.39, 0.29) is 34.9 Å². The van der Waals surface area contributed by atoms with E-state index in [1.54, 1.807) is 12.1 Å². The second-order valence-corrected chi connectivity index (χ2v) is 9.66. The summed E-state index contributed by atoms with van der Waals surface area (Å²) in [5.74, 6) is 0.198. The lowest BCUT2D eigenvalue weighted by molar-refractivity contribution is -0.137. The highest BCUT2D eigenvalue weighted by Crippen LogP contribution is 2.31. The summed E-state index contributed by atoms with van der Waals surface area (Å²) >= 11 is 0. The van der Waals surface area contributed by atoms with E-state index in [2.05, 4.69) is 0 Å². The Balaban J connectivity index is 1.62. The Hall–Kier alpha value is -2.29. The molecule has 1 amide bonds. The average molecular weight is 411 g/mol. The first-order valence-corrected chi connectivity index (χ1v) is 11.1. The summed E-state index contributed by atoms with van der Waals surface area (Å²) in [6, 6.07) is 4.33. The minimum atomic E-state index is -3.12. The molecule has 2 aliphatic rings. The maximum absolute atomic E-state index is 12.7. The van der Waals surface area contributed by atoms with Crippen LogP contribution in [-0.4, -0.2) is 69.1 Å². The van der Waals surface area contributed by atoms with Crippen LogP contribution in [0, 0.1) is 5.92 Å². The molecular formula is C19H25NO7S. The van der Waals surface area contributed by atoms with E-state index in [9.17, 15) is 18.0 Å². The summed E-state index contributed by atoms with van der Waals surface area (Å²) in [7, 11) is -3.12. The molecule has 1 fully saturated rings. The Morgan fingerprint density at radius 2 is 1.93 bits per heavy atom. The van der Waals surface area contributed by atoms with Crippen LogP contribution in [0.25, 0.3) is 0 Å². The Morgan fingerprint density at radius 3 is 2.57 bits per heavy atom. The van der Waals surface area contributed by atoms with Gasteiger partial charge in [-0.1, -0.05) is 13.8 Å². The van der Waals surface area contributed by atoms with Gasteiger partial charge in [-0.25, -0.2) is 13.2 Å². The summed E-state index contributed by atoms with van der Waals surface area (Å²) in [6.07, 6.45) is 0.414. The minimum absolute atomic E-state index is 0.0401. The predicted octanol–water partition coefficient (Wildman–Crippen LogP) is 1.29. The Bertz CT molecular complexity index is 850. The molecule has 0 bridgehead atoms. The van der Waals surface area contributed by atoms with Gasteiger partial charge in [-0.3, -0.25) is 4.79 Å². The highest BCUT2D eigenvalue weighted by molar-refractivity contribution is 7.91. The number of nitrogens with zero attached hydrogens (tertiary/aromatic N) is 1. The topological polar surface area (TPSA) is 99.2 Å². The van der Waals surface area contributed by atoms with Gasteiger partial charge in [-0.05, 0) is 30.5 Å². The number of esters is 1. The molecule has 0 saturated carbocycles. The maximum atomic E-state index is 12.7. The van der Waals surface area contributed by atoms with Crippen LogP contribution in [0.4, 0.5) is 0 Å². The van der Waals surface area contributed by atoms with Gasteiger partial charge in [0, 0.05) is 12.6 Å². The summed E-state index contributed by atoms with van der Waals surface area (Å²) < 4.78 is 39.6. The molecular weight excluding hydrogens is 386 g/mol. The van der Waals surface area contributed by atoms with Crippen molar-refractivity contribution >= 4 is 21.7 Å². The monoisotopic (exact) mass is 411 g/mol. The van der Waals surface area contributed by atoms with Gasteiger partial charge in [0.25, 0.3) is 5.91 Å². The van der Waals surface area contributed by atoms with Gasteiger partial charge in [0.1, 0.15) is 13.2 Å². The summed E-state index contributed by atoms with van der Waals surface area (Å²) in [6.45, 7) is 4.74. The fourth-order valence-electron chi connectivity index (χ4n) is 3.33. The second kappa shape index (κ2) is 8.38. The number of amides is 1. The lowest BCUT2D eigenvalue weighted by atomic mass is 10.1. The first kappa shape index (κ1) is 20.4. The lowest BCUT2D eigenvalue weighted by Gasteiger charge is -2.29. The van der Waals surface area contributed by atoms with Gasteiger partial charge in [-0.15, -0.1) is 0 Å². The minimum Gasteiger partial charge on any atom is -0.486 e. The van der Waals surface area contributed by atoms with Crippen LogP contribution in [0.2, 0.25) is 0 Å². The van der Waals surface area contributed by atoms with Gasteiger partial charge in [0.2, 0.25) is 0 Å². The van der Waals surface area contributed by atoms with Crippen LogP contribution in [0.3, 0.4) is 0 Å². The van der Waals surface area contributed by atoms with Crippen LogP contribution < -0.4 is 9.47 Å². The van der Waals surface area contributed by atoms with Crippen LogP contribution in [0.5, 0.6) is 11.5 Å². The number of hydrogen-bond donors (Lipinski definition) is 0. The molecule has 0 spiro atoms. The molecule has 3 rings (SSSR count). The number of carbonyl (C=O) groups is 2. The van der Waals surface area contributed by atoms with Crippen molar-refractivity contribution in [1.82, 2.24) is 4.90 Å². The molecule has 0 radical (unpaired) electrons. The number of hydrogen-bond acceptors (Lipinski definition) is 7. The standard InChI is InChI=1S/C19H25NO7S/c1-13(2)10-20(15-5-8-28(23,24)12-15)18(21)11-27-19(22)14-3-4-16-17(9-14)26-7-6-25-16/h3-4,9,13,15H,5-8,10-12H2,1-2H3/t15-/m0/s1. The summed E-state index contributed by atoms with van der Waals surface area (Å²) in [5, 5.41) is 0. The molecule has 28 heavy (non-hydrogen) atoms. The molecule has 2 aliphatic heterocycles. The zero-order valence-electron chi connectivity index (χ0n) is 16.0. The highest BCUT2D eigenvalue weighted by Gasteiger charge is 2.35. The third-order valence-electron chi connectivity index (χ3n) is 4.64. The molecule has 9 heteroatoms. The SMILES string of the molecule is CC(C)CN(C(=O)COC(=O)c1ccc2c(c1)OCCO2)[C@H]1CCS(=O)(=O)C1. The van der Waals surface area contributed by atoms with Crippen LogP contribution >= 0.6 is 0 Å². The van der Waals surface area contributed by atoms with Crippen LogP contribution in [-0.2, 0) is 19.4 Å². The summed E-state index contributed by atoms with van der Waals surface area (Å²) in [4.78, 5) is 26.5. The van der Waals surface area contributed by atoms with Gasteiger partial charge in [-0.2, -0.15) is 0 Å². The van der Waals surface area contributed by atoms with Gasteiger partial charge in [0.05, 0.1) is 17.1 Å². The molecule has 8 nitrogen and oxygen atoms in total. The quantitative estimate of drug-likeness (QED) is 0.650. The molecule has 1 aromatic carbocycles. The fraction of sp³-hybridized carbons (Fsp3) is 0.579. The number of ether oxygens (including phenoxy) is 3. The molecule has 154 valence electrons. The third kappa shape index (κ3) is 4.95. The predicted molar refractivity (Wildman–Crippen MR) is 101 cm³/mol. The third-order valence-corrected chi connectivity index (χ3v) is 6.39. The van der Waals surface area contributed by atoms with E-state index in [1.165, 1.54) is 11.0 Å². The number of sulfone groups is 1. The molecule has 1 saturated heterocycles. The van der Waals surface area contributed by atoms with Crippen LogP contribution in [0.15, 0.2) is 18.2 Å². The Labute approximate surface area is 164 Å². The summed E-state index contributed by atoms with van der Waals surface area (Å²) in [5.41, 5.74) is 0.260. The van der Waals surface area contributed by atoms with E-state index in [0.717, 1.165) is 0 Å². The zero-order chi connectivity index (χ0) is 20.3. The Morgan fingerprint density at radius 1 is 1.21 bits per heavy atom. The van der Waals surface area contributed by atoms with Crippen molar-refractivity contribution in [3.05, 3.63) is 23.8 Å². The smallest absolute Gasteiger partial charge is 0.338 e. The van der Waals surface area contributed by atoms with Crippen molar-refractivity contribution in [2.75, 3.05) is 37.9 Å². The molecule has 0 unspecified atom stereocenters. The van der Waals surface area contributed by atoms with E-state index in [0.29, 0.717) is 37.7 Å². The second-order valence-electron chi connectivity index (χ2n) is 7.43. The number of carbonyl (C=O) groups excluding carboxylic acids is 2. The number of fused-ring (bicyclic) bond motifs is 1. The number of rotatable bonds is 6. The number of benzene rings is 1. The molecule has 0 aliphatic carbocycles. The van der Waals surface area contributed by atoms with Crippen molar-refractivity contribution in [2.45, 2.75) is 26.3 Å². The Kier molecular flexibility index (Phi) is 6.12. The van der Waals surface area contributed by atoms with Gasteiger partial charge in [0.15, 0.2) is 27.9 Å². The average Bonchev–Trinajstić information content (AvgIpc) is 3.02. The van der Waals surface area contributed by atoms with E-state index >= 15 is 0 Å². The molecule has 0 aromatic heterocycles. The first-order chi connectivity index (χ1) is 13.2. The van der Waals surface area contributed by atoms with Gasteiger partial charge < -0.3 is 19.1 Å². The van der Waals surface area contributed by atoms with Crippen molar-refractivity contribution < 1.29 is 32.2 Å². The van der Waals surface area contributed by atoms with E-state index < -0.39 is 22.4 Å². The van der Waals surface area contributed by atoms with Crippen LogP contribution in [0.1, 0.15) is 30.6 Å². The maximum Gasteiger partial charge on any atom is 0.338 e. The zero-order valence-corrected chi connectivity index (χ0v) is 16.9. The van der Waals surface area contributed by atoms with Gasteiger partial charge >= 0.3 is 5.97 Å². The highest BCUT2D eigenvalue weighted by atomic mass is 32.2. The largest absolute Gasteiger partial charge is 0.486 e. The van der Waals surface area contributed by atoms with E-state index in [4.69, 9.17) is 14.2 Å². The van der Waals surface area contributed by atoms with Crippen molar-refractivity contribution in [1.29, 1.82) is 0 Å². The molecule has 2 heterocycles. The van der Waals surface area contributed by atoms with Crippen molar-refractivity contribution in [3.8, 4) is 11.5 Å². The van der Waals surface area contributed by atoms with Crippen molar-refractivity contribution in [3.63, 3.8) is 0 Å². The normalized spacial score (nSPS) is 20.0. The molecule has 1 atom stereocenters. The van der Waals surface area contributed by atoms with E-state index in [1.807, 2.05) is 13.8 Å². The first-order valence-electron chi connectivity index (χ1n) is 9.32. The molecule has 1 aromatic rings. The fourth-order valence-corrected chi connectivity index (χ4v) is 5.06. The molecule has 0 N–H and O–H groups in total.